The molecular weight excluding hydrogens is 227 g/mol. The van der Waals surface area contributed by atoms with Gasteiger partial charge in [-0.25, -0.2) is 0 Å². The number of hydrogen-bond donors (Lipinski definition) is 1. The van der Waals surface area contributed by atoms with Crippen LogP contribution in [0.25, 0.3) is 0 Å². The van der Waals surface area contributed by atoms with Crippen LogP contribution in [0.5, 0.6) is 0 Å². The summed E-state index contributed by atoms with van der Waals surface area (Å²) in [5.41, 5.74) is -0.742. The molecule has 1 aromatic rings. The molecule has 1 rings (SSSR count). The average Bonchev–Trinajstić information content (AvgIpc) is 2.15. The molecule has 1 aromatic carbocycles. The Labute approximate surface area is 88.5 Å². The van der Waals surface area contributed by atoms with Crippen molar-refractivity contribution in [2.75, 3.05) is 0 Å². The second-order valence-electron chi connectivity index (χ2n) is 3.25. The molecule has 0 unspecified atom stereocenters. The van der Waals surface area contributed by atoms with Crippen molar-refractivity contribution in [3.63, 3.8) is 0 Å². The van der Waals surface area contributed by atoms with Gasteiger partial charge in [-0.3, -0.25) is 10.1 Å². The van der Waals surface area contributed by atoms with Crippen molar-refractivity contribution in [1.82, 2.24) is 0 Å². The molecule has 0 saturated carbocycles. The lowest BCUT2D eigenvalue weighted by Gasteiger charge is -2.14. The van der Waals surface area contributed by atoms with E-state index in [2.05, 4.69) is 0 Å². The second kappa shape index (κ2) is 4.09. The van der Waals surface area contributed by atoms with E-state index in [1.165, 1.54) is 13.0 Å². The number of nitro benzene ring substituents is 1. The van der Waals surface area contributed by atoms with Gasteiger partial charge in [0.05, 0.1) is 4.92 Å². The minimum Gasteiger partial charge on any atom is -0.379 e. The van der Waals surface area contributed by atoms with Crippen molar-refractivity contribution < 1.29 is 23.2 Å². The van der Waals surface area contributed by atoms with Crippen molar-refractivity contribution in [1.29, 1.82) is 0 Å². The van der Waals surface area contributed by atoms with Gasteiger partial charge in [0.2, 0.25) is 0 Å². The first-order chi connectivity index (χ1) is 7.23. The van der Waals surface area contributed by atoms with Gasteiger partial charge in [0, 0.05) is 11.6 Å². The predicted octanol–water partition coefficient (Wildman–Crippen LogP) is 2.50. The Morgan fingerprint density at radius 2 is 2.00 bits per heavy atom. The van der Waals surface area contributed by atoms with Gasteiger partial charge >= 0.3 is 6.18 Å². The Balaban J connectivity index is 3.18. The average molecular weight is 235 g/mol. The molecule has 0 amide bonds. The summed E-state index contributed by atoms with van der Waals surface area (Å²) in [6.45, 7) is 1.40. The summed E-state index contributed by atoms with van der Waals surface area (Å²) in [4.78, 5) is 9.70. The fourth-order valence-electron chi connectivity index (χ4n) is 1.18. The molecule has 1 N–H and O–H groups in total. The van der Waals surface area contributed by atoms with Gasteiger partial charge in [-0.15, -0.1) is 0 Å². The van der Waals surface area contributed by atoms with Gasteiger partial charge in [-0.2, -0.15) is 13.2 Å². The number of hydrogen-bond acceptors (Lipinski definition) is 3. The summed E-state index contributed by atoms with van der Waals surface area (Å²) in [6.07, 6.45) is -7.53. The highest BCUT2D eigenvalue weighted by atomic mass is 19.4. The highest BCUT2D eigenvalue weighted by Crippen LogP contribution is 2.34. The fraction of sp³-hybridized carbons (Fsp3) is 0.333. The Morgan fingerprint density at radius 3 is 2.44 bits per heavy atom. The van der Waals surface area contributed by atoms with Crippen molar-refractivity contribution in [2.45, 2.75) is 19.2 Å². The zero-order valence-electron chi connectivity index (χ0n) is 8.15. The molecule has 0 aliphatic carbocycles. The molecule has 0 spiro atoms. The van der Waals surface area contributed by atoms with E-state index in [4.69, 9.17) is 5.11 Å². The van der Waals surface area contributed by atoms with Gasteiger partial charge in [0.15, 0.2) is 6.10 Å². The van der Waals surface area contributed by atoms with Crippen molar-refractivity contribution in [3.8, 4) is 0 Å². The van der Waals surface area contributed by atoms with Gasteiger partial charge in [0.25, 0.3) is 5.69 Å². The third-order valence-corrected chi connectivity index (χ3v) is 2.06. The van der Waals surface area contributed by atoms with Gasteiger partial charge in [-0.05, 0) is 12.5 Å². The molecule has 0 heterocycles. The number of nitrogens with zero attached hydrogens (tertiary/aromatic N) is 1. The van der Waals surface area contributed by atoms with E-state index < -0.39 is 28.5 Å². The molecule has 0 fully saturated rings. The van der Waals surface area contributed by atoms with E-state index in [-0.39, 0.29) is 5.56 Å². The highest BCUT2D eigenvalue weighted by molar-refractivity contribution is 5.43. The maximum Gasteiger partial charge on any atom is 0.418 e. The molecule has 7 heteroatoms. The molecule has 0 aromatic heterocycles. The summed E-state index contributed by atoms with van der Waals surface area (Å²) in [5.74, 6) is 0. The van der Waals surface area contributed by atoms with Crippen LogP contribution in [0.2, 0.25) is 0 Å². The lowest BCUT2D eigenvalue weighted by molar-refractivity contribution is -0.385. The summed E-state index contributed by atoms with van der Waals surface area (Å²) >= 11 is 0. The number of aryl methyl sites for hydroxylation is 1. The molecule has 0 radical (unpaired) electrons. The standard InChI is InChI=1S/C9H8F3NO3/c1-5-2-3-6(4-7(5)13(15)16)8(14)9(10,11)12/h2-4,8,14H,1H3/t8-/m0/s1. The van der Waals surface area contributed by atoms with Crippen LogP contribution < -0.4 is 0 Å². The van der Waals surface area contributed by atoms with Crippen molar-refractivity contribution in [3.05, 3.63) is 39.4 Å². The normalized spacial score (nSPS) is 13.6. The Hall–Kier alpha value is -1.63. The van der Waals surface area contributed by atoms with E-state index >= 15 is 0 Å². The second-order valence-corrected chi connectivity index (χ2v) is 3.25. The highest BCUT2D eigenvalue weighted by Gasteiger charge is 2.39. The van der Waals surface area contributed by atoms with Crippen LogP contribution in [0, 0.1) is 17.0 Å². The van der Waals surface area contributed by atoms with Crippen LogP contribution in [0.3, 0.4) is 0 Å². The number of halogens is 3. The minimum atomic E-state index is -4.83. The number of aliphatic hydroxyl groups excluding tert-OH is 1. The Bertz CT molecular complexity index is 417. The molecule has 0 bridgehead atoms. The third kappa shape index (κ3) is 2.48. The molecular formula is C9H8F3NO3. The monoisotopic (exact) mass is 235 g/mol. The number of nitro groups is 1. The largest absolute Gasteiger partial charge is 0.418 e. The van der Waals surface area contributed by atoms with Crippen LogP contribution in [-0.4, -0.2) is 16.2 Å². The zero-order valence-corrected chi connectivity index (χ0v) is 8.15. The molecule has 88 valence electrons. The number of rotatable bonds is 2. The summed E-state index contributed by atoms with van der Waals surface area (Å²) < 4.78 is 36.4. The van der Waals surface area contributed by atoms with E-state index in [0.717, 1.165) is 12.1 Å². The smallest absolute Gasteiger partial charge is 0.379 e. The maximum absolute atomic E-state index is 12.1. The van der Waals surface area contributed by atoms with E-state index in [9.17, 15) is 23.3 Å². The summed E-state index contributed by atoms with van der Waals surface area (Å²) in [6, 6.07) is 2.91. The number of benzene rings is 1. The topological polar surface area (TPSA) is 63.4 Å². The SMILES string of the molecule is Cc1ccc([C@H](O)C(F)(F)F)cc1[N+](=O)[O-]. The molecule has 4 nitrogen and oxygen atoms in total. The Kier molecular flexibility index (Phi) is 3.18. The summed E-state index contributed by atoms with van der Waals surface area (Å²) in [5, 5.41) is 19.4. The quantitative estimate of drug-likeness (QED) is 0.632. The first kappa shape index (κ1) is 12.4. The lowest BCUT2D eigenvalue weighted by Crippen LogP contribution is -2.20. The van der Waals surface area contributed by atoms with E-state index in [1.54, 1.807) is 0 Å². The third-order valence-electron chi connectivity index (χ3n) is 2.06. The first-order valence-electron chi connectivity index (χ1n) is 4.23. The van der Waals surface area contributed by atoms with Crippen LogP contribution >= 0.6 is 0 Å². The van der Waals surface area contributed by atoms with E-state index in [1.807, 2.05) is 0 Å². The zero-order chi connectivity index (χ0) is 12.5. The summed E-state index contributed by atoms with van der Waals surface area (Å²) in [7, 11) is 0. The molecule has 1 atom stereocenters. The number of aliphatic hydroxyl groups is 1. The first-order valence-corrected chi connectivity index (χ1v) is 4.23. The predicted molar refractivity (Wildman–Crippen MR) is 48.8 cm³/mol. The van der Waals surface area contributed by atoms with Crippen LogP contribution in [0.15, 0.2) is 18.2 Å². The molecule has 16 heavy (non-hydrogen) atoms. The lowest BCUT2D eigenvalue weighted by atomic mass is 10.1. The van der Waals surface area contributed by atoms with Crippen molar-refractivity contribution >= 4 is 5.69 Å². The minimum absolute atomic E-state index is 0.239. The van der Waals surface area contributed by atoms with Gasteiger partial charge in [0.1, 0.15) is 0 Å². The van der Waals surface area contributed by atoms with Crippen molar-refractivity contribution in [2.24, 2.45) is 0 Å². The maximum atomic E-state index is 12.1. The van der Waals surface area contributed by atoms with Gasteiger partial charge < -0.3 is 5.11 Å². The fourth-order valence-corrected chi connectivity index (χ4v) is 1.18. The van der Waals surface area contributed by atoms with Crippen LogP contribution in [0.1, 0.15) is 17.2 Å². The van der Waals surface area contributed by atoms with Crippen LogP contribution in [0.4, 0.5) is 18.9 Å². The number of alkyl halides is 3. The van der Waals surface area contributed by atoms with E-state index in [0.29, 0.717) is 0 Å². The van der Waals surface area contributed by atoms with Gasteiger partial charge in [-0.1, -0.05) is 12.1 Å². The molecule has 0 saturated heterocycles. The van der Waals surface area contributed by atoms with Crippen LogP contribution in [-0.2, 0) is 0 Å². The molecule has 0 aliphatic rings. The Morgan fingerprint density at radius 1 is 1.44 bits per heavy atom. The molecule has 0 aliphatic heterocycles.